The first kappa shape index (κ1) is 13.9. The zero-order valence-electron chi connectivity index (χ0n) is 11.8. The molecule has 0 bridgehead atoms. The molecule has 1 aliphatic rings. The summed E-state index contributed by atoms with van der Waals surface area (Å²) in [6.07, 6.45) is 0. The number of amides is 1. The van der Waals surface area contributed by atoms with Crippen LogP contribution in [0.1, 0.15) is 20.8 Å². The van der Waals surface area contributed by atoms with Crippen LogP contribution in [-0.4, -0.2) is 42.1 Å². The van der Waals surface area contributed by atoms with Gasteiger partial charge in [0.1, 0.15) is 5.75 Å². The van der Waals surface area contributed by atoms with Gasteiger partial charge in [-0.2, -0.15) is 0 Å². The van der Waals surface area contributed by atoms with Crippen molar-refractivity contribution in [1.82, 2.24) is 10.2 Å². The van der Waals surface area contributed by atoms with Gasteiger partial charge < -0.3 is 15.0 Å². The second-order valence-corrected chi connectivity index (χ2v) is 5.70. The van der Waals surface area contributed by atoms with Crippen LogP contribution in [0.15, 0.2) is 30.3 Å². The number of nitrogens with one attached hydrogen (secondary N) is 1. The van der Waals surface area contributed by atoms with Gasteiger partial charge in [0, 0.05) is 24.7 Å². The average Bonchev–Trinajstić information content (AvgIpc) is 2.40. The van der Waals surface area contributed by atoms with Crippen molar-refractivity contribution in [3.63, 3.8) is 0 Å². The highest BCUT2D eigenvalue weighted by Gasteiger charge is 2.35. The number of piperazine rings is 1. The molecule has 0 aromatic heterocycles. The number of ether oxygens (including phenoxy) is 1. The predicted molar refractivity (Wildman–Crippen MR) is 75.2 cm³/mol. The van der Waals surface area contributed by atoms with Crippen LogP contribution in [0.25, 0.3) is 0 Å². The van der Waals surface area contributed by atoms with E-state index < -0.39 is 0 Å². The molecule has 1 amide bonds. The summed E-state index contributed by atoms with van der Waals surface area (Å²) in [4.78, 5) is 14.2. The van der Waals surface area contributed by atoms with Gasteiger partial charge >= 0.3 is 0 Å². The van der Waals surface area contributed by atoms with Crippen molar-refractivity contribution < 1.29 is 9.53 Å². The summed E-state index contributed by atoms with van der Waals surface area (Å²) >= 11 is 0. The summed E-state index contributed by atoms with van der Waals surface area (Å²) in [6.45, 7) is 7.88. The molecule has 0 radical (unpaired) electrons. The molecule has 4 heteroatoms. The Labute approximate surface area is 114 Å². The fraction of sp³-hybridized carbons (Fsp3) is 0.533. The van der Waals surface area contributed by atoms with Crippen LogP contribution in [-0.2, 0) is 4.79 Å². The lowest BCUT2D eigenvalue weighted by Crippen LogP contribution is -2.63. The van der Waals surface area contributed by atoms with Crippen molar-refractivity contribution in [3.8, 4) is 5.75 Å². The molecule has 0 aliphatic carbocycles. The number of rotatable bonds is 3. The third-order valence-corrected chi connectivity index (χ3v) is 3.48. The van der Waals surface area contributed by atoms with E-state index in [0.29, 0.717) is 6.04 Å². The molecule has 104 valence electrons. The van der Waals surface area contributed by atoms with Crippen molar-refractivity contribution in [3.05, 3.63) is 30.3 Å². The Hall–Kier alpha value is -1.55. The maximum absolute atomic E-state index is 12.3. The molecule has 19 heavy (non-hydrogen) atoms. The summed E-state index contributed by atoms with van der Waals surface area (Å²) in [6, 6.07) is 9.77. The molecule has 1 aromatic rings. The molecule has 0 saturated carbocycles. The van der Waals surface area contributed by atoms with Gasteiger partial charge in [0.2, 0.25) is 0 Å². The van der Waals surface area contributed by atoms with Gasteiger partial charge in [-0.3, -0.25) is 4.79 Å². The Morgan fingerprint density at radius 1 is 1.42 bits per heavy atom. The molecule has 1 aliphatic heterocycles. The van der Waals surface area contributed by atoms with Crippen LogP contribution in [0.4, 0.5) is 0 Å². The first-order chi connectivity index (χ1) is 8.99. The molecule has 2 rings (SSSR count). The highest BCUT2D eigenvalue weighted by atomic mass is 16.5. The van der Waals surface area contributed by atoms with Crippen molar-refractivity contribution in [2.24, 2.45) is 0 Å². The van der Waals surface area contributed by atoms with E-state index in [4.69, 9.17) is 4.74 Å². The van der Waals surface area contributed by atoms with Gasteiger partial charge in [-0.1, -0.05) is 18.2 Å². The van der Waals surface area contributed by atoms with E-state index in [1.807, 2.05) is 35.2 Å². The number of nitrogens with zero attached hydrogens (tertiary/aromatic N) is 1. The molecule has 4 nitrogen and oxygen atoms in total. The molecule has 1 heterocycles. The van der Waals surface area contributed by atoms with Crippen LogP contribution in [0.2, 0.25) is 0 Å². The van der Waals surface area contributed by atoms with Crippen molar-refractivity contribution in [1.29, 1.82) is 0 Å². The lowest BCUT2D eigenvalue weighted by atomic mass is 9.98. The van der Waals surface area contributed by atoms with E-state index in [0.717, 1.165) is 18.8 Å². The van der Waals surface area contributed by atoms with Gasteiger partial charge in [0.25, 0.3) is 5.91 Å². The second-order valence-electron chi connectivity index (χ2n) is 5.70. The fourth-order valence-electron chi connectivity index (χ4n) is 2.28. The summed E-state index contributed by atoms with van der Waals surface area (Å²) in [5, 5.41) is 3.40. The molecule has 1 unspecified atom stereocenters. The van der Waals surface area contributed by atoms with Gasteiger partial charge in [0.05, 0.1) is 0 Å². The van der Waals surface area contributed by atoms with Crippen molar-refractivity contribution in [2.75, 3.05) is 19.7 Å². The number of hydrogen-bond acceptors (Lipinski definition) is 3. The van der Waals surface area contributed by atoms with E-state index >= 15 is 0 Å². The molecule has 1 fully saturated rings. The predicted octanol–water partition coefficient (Wildman–Crippen LogP) is 1.66. The smallest absolute Gasteiger partial charge is 0.261 e. The van der Waals surface area contributed by atoms with E-state index in [1.54, 1.807) is 0 Å². The van der Waals surface area contributed by atoms with Gasteiger partial charge in [-0.25, -0.2) is 0 Å². The molecular weight excluding hydrogens is 240 g/mol. The van der Waals surface area contributed by atoms with E-state index in [2.05, 4.69) is 26.1 Å². The summed E-state index contributed by atoms with van der Waals surface area (Å²) in [5.41, 5.74) is -0.163. The summed E-state index contributed by atoms with van der Waals surface area (Å²) in [5.74, 6) is 0.777. The van der Waals surface area contributed by atoms with Crippen LogP contribution in [0.3, 0.4) is 0 Å². The minimum atomic E-state index is -0.163. The largest absolute Gasteiger partial charge is 0.484 e. The first-order valence-corrected chi connectivity index (χ1v) is 6.71. The van der Waals surface area contributed by atoms with E-state index in [9.17, 15) is 4.79 Å². The summed E-state index contributed by atoms with van der Waals surface area (Å²) < 4.78 is 5.54. The summed E-state index contributed by atoms with van der Waals surface area (Å²) in [7, 11) is 0. The number of hydrogen-bond donors (Lipinski definition) is 1. The maximum Gasteiger partial charge on any atom is 0.261 e. The number of carbonyl (C=O) groups excluding carboxylic acids is 1. The third-order valence-electron chi connectivity index (χ3n) is 3.48. The minimum Gasteiger partial charge on any atom is -0.484 e. The first-order valence-electron chi connectivity index (χ1n) is 6.71. The van der Waals surface area contributed by atoms with Crippen LogP contribution in [0, 0.1) is 0 Å². The lowest BCUT2D eigenvalue weighted by molar-refractivity contribution is -0.140. The van der Waals surface area contributed by atoms with Gasteiger partial charge in [-0.15, -0.1) is 0 Å². The second kappa shape index (κ2) is 5.61. The minimum absolute atomic E-state index is 0.0437. The van der Waals surface area contributed by atoms with Crippen LogP contribution < -0.4 is 10.1 Å². The Kier molecular flexibility index (Phi) is 4.10. The van der Waals surface area contributed by atoms with E-state index in [-0.39, 0.29) is 18.1 Å². The molecule has 1 N–H and O–H groups in total. The average molecular weight is 262 g/mol. The molecule has 1 saturated heterocycles. The Morgan fingerprint density at radius 2 is 2.11 bits per heavy atom. The maximum atomic E-state index is 12.3. The number of para-hydroxylation sites is 1. The SMILES string of the molecule is CC1CN(C(=O)COc2ccccc2)C(C)(C)CN1. The van der Waals surface area contributed by atoms with Gasteiger partial charge in [0.15, 0.2) is 6.61 Å². The van der Waals surface area contributed by atoms with Crippen molar-refractivity contribution >= 4 is 5.91 Å². The standard InChI is InChI=1S/C15H22N2O2/c1-12-9-17(15(2,3)11-16-12)14(18)10-19-13-7-5-4-6-8-13/h4-8,12,16H,9-11H2,1-3H3. The van der Waals surface area contributed by atoms with Crippen molar-refractivity contribution in [2.45, 2.75) is 32.4 Å². The number of benzene rings is 1. The quantitative estimate of drug-likeness (QED) is 0.901. The Bertz CT molecular complexity index is 431. The molecule has 1 aromatic carbocycles. The topological polar surface area (TPSA) is 41.6 Å². The highest BCUT2D eigenvalue weighted by Crippen LogP contribution is 2.19. The monoisotopic (exact) mass is 262 g/mol. The Morgan fingerprint density at radius 3 is 2.79 bits per heavy atom. The zero-order valence-corrected chi connectivity index (χ0v) is 11.8. The third kappa shape index (κ3) is 3.47. The normalized spacial score (nSPS) is 22.1. The Balaban J connectivity index is 1.95. The van der Waals surface area contributed by atoms with E-state index in [1.165, 1.54) is 0 Å². The zero-order chi connectivity index (χ0) is 13.9. The highest BCUT2D eigenvalue weighted by molar-refractivity contribution is 5.78. The fourth-order valence-corrected chi connectivity index (χ4v) is 2.28. The van der Waals surface area contributed by atoms with Crippen LogP contribution >= 0.6 is 0 Å². The molecule has 1 atom stereocenters. The lowest BCUT2D eigenvalue weighted by Gasteiger charge is -2.45. The molecular formula is C15H22N2O2. The van der Waals surface area contributed by atoms with Gasteiger partial charge in [-0.05, 0) is 32.9 Å². The number of carbonyl (C=O) groups is 1. The molecule has 0 spiro atoms. The van der Waals surface area contributed by atoms with Crippen LogP contribution in [0.5, 0.6) is 5.75 Å².